The molecule has 0 saturated carbocycles. The van der Waals surface area contributed by atoms with E-state index in [9.17, 15) is 4.79 Å². The molecule has 21 heavy (non-hydrogen) atoms. The predicted molar refractivity (Wildman–Crippen MR) is 83.3 cm³/mol. The minimum atomic E-state index is -0.169. The number of ether oxygens (including phenoxy) is 1. The Morgan fingerprint density at radius 2 is 2.10 bits per heavy atom. The fourth-order valence-electron chi connectivity index (χ4n) is 2.55. The number of fused-ring (bicyclic) bond motifs is 1. The van der Waals surface area contributed by atoms with Gasteiger partial charge in [-0.2, -0.15) is 0 Å². The number of benzene rings is 1. The lowest BCUT2D eigenvalue weighted by Crippen LogP contribution is -2.23. The van der Waals surface area contributed by atoms with Crippen molar-refractivity contribution in [1.29, 1.82) is 0 Å². The van der Waals surface area contributed by atoms with E-state index in [0.29, 0.717) is 19.6 Å². The topological polar surface area (TPSA) is 51.5 Å². The average Bonchev–Trinajstić information content (AvgIpc) is 2.86. The van der Waals surface area contributed by atoms with Crippen LogP contribution in [0.15, 0.2) is 28.7 Å². The summed E-state index contributed by atoms with van der Waals surface area (Å²) >= 11 is 0. The lowest BCUT2D eigenvalue weighted by Gasteiger charge is -2.12. The first-order chi connectivity index (χ1) is 10.2. The van der Waals surface area contributed by atoms with Gasteiger partial charge in [0.1, 0.15) is 11.3 Å². The van der Waals surface area contributed by atoms with Crippen LogP contribution in [-0.2, 0) is 16.0 Å². The van der Waals surface area contributed by atoms with Gasteiger partial charge in [0.25, 0.3) is 0 Å². The molecular formula is C17H23NO3. The maximum atomic E-state index is 11.3. The highest BCUT2D eigenvalue weighted by Gasteiger charge is 2.17. The number of rotatable bonds is 7. The highest BCUT2D eigenvalue weighted by molar-refractivity contribution is 5.82. The van der Waals surface area contributed by atoms with Gasteiger partial charge in [-0.05, 0) is 26.3 Å². The van der Waals surface area contributed by atoms with Gasteiger partial charge in [-0.3, -0.25) is 4.79 Å². The summed E-state index contributed by atoms with van der Waals surface area (Å²) in [6.45, 7) is 7.02. The summed E-state index contributed by atoms with van der Waals surface area (Å²) in [6.07, 6.45) is 1.30. The smallest absolute Gasteiger partial charge is 0.307 e. The number of hydrogen-bond donors (Lipinski definition) is 1. The molecule has 1 aromatic heterocycles. The fraction of sp³-hybridized carbons (Fsp3) is 0.471. The molecule has 0 saturated heterocycles. The van der Waals surface area contributed by atoms with Gasteiger partial charge >= 0.3 is 5.97 Å². The summed E-state index contributed by atoms with van der Waals surface area (Å²) in [4.78, 5) is 11.3. The van der Waals surface area contributed by atoms with Gasteiger partial charge in [-0.1, -0.05) is 25.1 Å². The minimum Gasteiger partial charge on any atom is -0.466 e. The predicted octanol–water partition coefficient (Wildman–Crippen LogP) is 3.60. The Kier molecular flexibility index (Phi) is 5.39. The zero-order valence-corrected chi connectivity index (χ0v) is 12.9. The van der Waals surface area contributed by atoms with Crippen molar-refractivity contribution in [3.8, 4) is 0 Å². The quantitative estimate of drug-likeness (QED) is 0.791. The average molecular weight is 289 g/mol. The molecule has 0 amide bonds. The molecule has 1 aromatic carbocycles. The first kappa shape index (κ1) is 15.6. The first-order valence-electron chi connectivity index (χ1n) is 7.56. The maximum absolute atomic E-state index is 11.3. The van der Waals surface area contributed by atoms with E-state index in [1.807, 2.05) is 25.1 Å². The van der Waals surface area contributed by atoms with Crippen molar-refractivity contribution in [1.82, 2.24) is 5.32 Å². The summed E-state index contributed by atoms with van der Waals surface area (Å²) in [7, 11) is 0. The Morgan fingerprint density at radius 1 is 1.33 bits per heavy atom. The zero-order valence-electron chi connectivity index (χ0n) is 12.9. The molecule has 1 N–H and O–H groups in total. The molecule has 2 rings (SSSR count). The number of carbonyl (C=O) groups excluding carboxylic acids is 1. The summed E-state index contributed by atoms with van der Waals surface area (Å²) in [6, 6.07) is 8.16. The molecule has 0 fully saturated rings. The van der Waals surface area contributed by atoms with Crippen LogP contribution in [0.1, 0.15) is 44.6 Å². The Morgan fingerprint density at radius 3 is 2.81 bits per heavy atom. The molecule has 1 unspecified atom stereocenters. The second kappa shape index (κ2) is 7.27. The molecule has 0 aliphatic rings. The summed E-state index contributed by atoms with van der Waals surface area (Å²) in [5.41, 5.74) is 2.16. The van der Waals surface area contributed by atoms with Crippen molar-refractivity contribution in [3.05, 3.63) is 35.6 Å². The Hall–Kier alpha value is -1.81. The first-order valence-corrected chi connectivity index (χ1v) is 7.56. The number of hydrogen-bond acceptors (Lipinski definition) is 4. The summed E-state index contributed by atoms with van der Waals surface area (Å²) < 4.78 is 10.9. The largest absolute Gasteiger partial charge is 0.466 e. The molecule has 1 atom stereocenters. The molecule has 2 aromatic rings. The van der Waals surface area contributed by atoms with Crippen LogP contribution in [0.2, 0.25) is 0 Å². The third-order valence-corrected chi connectivity index (χ3v) is 3.56. The number of aryl methyl sites for hydroxylation is 1. The summed E-state index contributed by atoms with van der Waals surface area (Å²) in [5.74, 6) is 0.792. The van der Waals surface area contributed by atoms with Gasteiger partial charge in [-0.25, -0.2) is 0 Å². The van der Waals surface area contributed by atoms with E-state index in [2.05, 4.69) is 25.2 Å². The fourth-order valence-corrected chi connectivity index (χ4v) is 2.55. The van der Waals surface area contributed by atoms with Gasteiger partial charge in [0.2, 0.25) is 0 Å². The monoisotopic (exact) mass is 289 g/mol. The van der Waals surface area contributed by atoms with E-state index in [4.69, 9.17) is 9.15 Å². The Bertz CT molecular complexity index is 603. The van der Waals surface area contributed by atoms with Gasteiger partial charge in [0.05, 0.1) is 19.1 Å². The van der Waals surface area contributed by atoms with Crippen LogP contribution in [0.25, 0.3) is 11.0 Å². The molecule has 0 radical (unpaired) electrons. The van der Waals surface area contributed by atoms with Crippen molar-refractivity contribution in [3.63, 3.8) is 0 Å². The second-order valence-electron chi connectivity index (χ2n) is 5.03. The van der Waals surface area contributed by atoms with Crippen molar-refractivity contribution >= 4 is 16.9 Å². The van der Waals surface area contributed by atoms with E-state index in [1.165, 1.54) is 10.9 Å². The molecule has 4 heteroatoms. The second-order valence-corrected chi connectivity index (χ2v) is 5.03. The van der Waals surface area contributed by atoms with E-state index in [1.54, 1.807) is 0 Å². The SMILES string of the molecule is CCOC(=O)CCNC(C)c1oc2ccccc2c1CC. The lowest BCUT2D eigenvalue weighted by atomic mass is 10.1. The third kappa shape index (κ3) is 3.64. The number of para-hydroxylation sites is 1. The Labute approximate surface area is 125 Å². The number of esters is 1. The molecule has 114 valence electrons. The normalized spacial score (nSPS) is 12.5. The van der Waals surface area contributed by atoms with E-state index in [0.717, 1.165) is 17.8 Å². The van der Waals surface area contributed by atoms with E-state index >= 15 is 0 Å². The van der Waals surface area contributed by atoms with Gasteiger partial charge in [-0.15, -0.1) is 0 Å². The van der Waals surface area contributed by atoms with Crippen LogP contribution < -0.4 is 5.32 Å². The van der Waals surface area contributed by atoms with Gasteiger partial charge in [0, 0.05) is 17.5 Å². The summed E-state index contributed by atoms with van der Waals surface area (Å²) in [5, 5.41) is 4.50. The highest BCUT2D eigenvalue weighted by atomic mass is 16.5. The molecule has 0 aliphatic heterocycles. The molecule has 0 spiro atoms. The van der Waals surface area contributed by atoms with Crippen LogP contribution in [-0.4, -0.2) is 19.1 Å². The van der Waals surface area contributed by atoms with Crippen LogP contribution in [0.4, 0.5) is 0 Å². The lowest BCUT2D eigenvalue weighted by molar-refractivity contribution is -0.143. The van der Waals surface area contributed by atoms with Crippen molar-refractivity contribution in [2.75, 3.05) is 13.2 Å². The van der Waals surface area contributed by atoms with E-state index < -0.39 is 0 Å². The van der Waals surface area contributed by atoms with E-state index in [-0.39, 0.29) is 12.0 Å². The Balaban J connectivity index is 2.05. The number of furan rings is 1. The number of nitrogens with one attached hydrogen (secondary N) is 1. The van der Waals surface area contributed by atoms with Crippen molar-refractivity contribution in [2.24, 2.45) is 0 Å². The number of carbonyl (C=O) groups is 1. The molecule has 4 nitrogen and oxygen atoms in total. The third-order valence-electron chi connectivity index (χ3n) is 3.56. The molecule has 0 bridgehead atoms. The van der Waals surface area contributed by atoms with Gasteiger partial charge < -0.3 is 14.5 Å². The maximum Gasteiger partial charge on any atom is 0.307 e. The van der Waals surface area contributed by atoms with Crippen molar-refractivity contribution in [2.45, 2.75) is 39.7 Å². The zero-order chi connectivity index (χ0) is 15.2. The molecule has 0 aliphatic carbocycles. The molecule has 1 heterocycles. The van der Waals surface area contributed by atoms with Crippen LogP contribution in [0.3, 0.4) is 0 Å². The highest BCUT2D eigenvalue weighted by Crippen LogP contribution is 2.30. The standard InChI is InChI=1S/C17H23NO3/c1-4-13-14-8-6-7-9-15(14)21-17(13)12(3)18-11-10-16(19)20-5-2/h6-9,12,18H,4-5,10-11H2,1-3H3. The molecular weight excluding hydrogens is 266 g/mol. The van der Waals surface area contributed by atoms with Crippen LogP contribution >= 0.6 is 0 Å². The van der Waals surface area contributed by atoms with Gasteiger partial charge in [0.15, 0.2) is 0 Å². The van der Waals surface area contributed by atoms with Crippen LogP contribution in [0.5, 0.6) is 0 Å². The minimum absolute atomic E-state index is 0.0711. The van der Waals surface area contributed by atoms with Crippen molar-refractivity contribution < 1.29 is 13.9 Å². The van der Waals surface area contributed by atoms with Crippen LogP contribution in [0, 0.1) is 0 Å².